The zero-order valence-corrected chi connectivity index (χ0v) is 14.0. The average Bonchev–Trinajstić information content (AvgIpc) is 2.49. The Kier molecular flexibility index (Phi) is 6.09. The molecule has 0 nitrogen and oxygen atoms in total. The largest absolute Gasteiger partial charge is 0.0804 e. The van der Waals surface area contributed by atoms with Crippen molar-refractivity contribution in [2.45, 2.75) is 56.2 Å². The molecule has 0 spiro atoms. The van der Waals surface area contributed by atoms with Gasteiger partial charge in [-0.05, 0) is 24.0 Å². The summed E-state index contributed by atoms with van der Waals surface area (Å²) in [5.74, 6) is 0. The number of hydrogen-bond donors (Lipinski definition) is 0. The highest BCUT2D eigenvalue weighted by atomic mass is 79.9. The third-order valence-corrected chi connectivity index (χ3v) is 5.01. The van der Waals surface area contributed by atoms with E-state index in [0.717, 1.165) is 6.42 Å². The lowest BCUT2D eigenvalue weighted by Crippen LogP contribution is -2.18. The van der Waals surface area contributed by atoms with Crippen molar-refractivity contribution >= 4 is 21.5 Å². The Bertz CT molecular complexity index is 458. The van der Waals surface area contributed by atoms with E-state index in [1.165, 1.54) is 49.7 Å². The Labute approximate surface area is 132 Å². The van der Waals surface area contributed by atoms with Crippen LogP contribution in [0.15, 0.2) is 48.6 Å². The van der Waals surface area contributed by atoms with Crippen LogP contribution in [0, 0.1) is 0 Å². The maximum absolute atomic E-state index is 3.93. The van der Waals surface area contributed by atoms with E-state index < -0.39 is 0 Å². The van der Waals surface area contributed by atoms with Gasteiger partial charge < -0.3 is 0 Å². The molecule has 108 valence electrons. The molecule has 20 heavy (non-hydrogen) atoms. The van der Waals surface area contributed by atoms with Crippen LogP contribution in [0.1, 0.15) is 57.4 Å². The van der Waals surface area contributed by atoms with Gasteiger partial charge in [-0.15, -0.1) is 0 Å². The summed E-state index contributed by atoms with van der Waals surface area (Å²) in [6.07, 6.45) is 16.1. The fraction of sp³-hybridized carbons (Fsp3) is 0.474. The van der Waals surface area contributed by atoms with Crippen molar-refractivity contribution in [1.82, 2.24) is 0 Å². The van der Waals surface area contributed by atoms with Gasteiger partial charge in [0.1, 0.15) is 0 Å². The summed E-state index contributed by atoms with van der Waals surface area (Å²) in [5, 5.41) is 0. The molecule has 1 aliphatic rings. The molecule has 0 heterocycles. The van der Waals surface area contributed by atoms with Gasteiger partial charge in [0.15, 0.2) is 0 Å². The minimum Gasteiger partial charge on any atom is -0.0804 e. The van der Waals surface area contributed by atoms with Gasteiger partial charge in [-0.25, -0.2) is 0 Å². The zero-order chi connectivity index (χ0) is 14.3. The molecule has 0 radical (unpaired) electrons. The van der Waals surface area contributed by atoms with E-state index >= 15 is 0 Å². The lowest BCUT2D eigenvalue weighted by Gasteiger charge is -2.26. The van der Waals surface area contributed by atoms with Crippen LogP contribution in [-0.4, -0.2) is 4.32 Å². The predicted octanol–water partition coefficient (Wildman–Crippen LogP) is 6.52. The van der Waals surface area contributed by atoms with Gasteiger partial charge in [0.05, 0.1) is 0 Å². The molecule has 0 N–H and O–H groups in total. The molecule has 0 fully saturated rings. The van der Waals surface area contributed by atoms with Crippen LogP contribution in [0.25, 0.3) is 5.57 Å². The Hall–Kier alpha value is -0.820. The Morgan fingerprint density at radius 2 is 1.80 bits per heavy atom. The fourth-order valence-corrected chi connectivity index (χ4v) is 3.28. The second-order valence-corrected chi connectivity index (χ2v) is 7.34. The molecule has 0 amide bonds. The van der Waals surface area contributed by atoms with Crippen LogP contribution in [-0.2, 0) is 0 Å². The van der Waals surface area contributed by atoms with Gasteiger partial charge in [0.25, 0.3) is 0 Å². The van der Waals surface area contributed by atoms with Crippen molar-refractivity contribution in [3.8, 4) is 0 Å². The van der Waals surface area contributed by atoms with E-state index in [1.54, 1.807) is 0 Å². The van der Waals surface area contributed by atoms with E-state index in [4.69, 9.17) is 0 Å². The first-order chi connectivity index (χ1) is 9.73. The van der Waals surface area contributed by atoms with Crippen LogP contribution >= 0.6 is 15.9 Å². The Morgan fingerprint density at radius 3 is 2.45 bits per heavy atom. The Balaban J connectivity index is 1.83. The molecule has 0 saturated heterocycles. The van der Waals surface area contributed by atoms with E-state index in [9.17, 15) is 0 Å². The predicted molar refractivity (Wildman–Crippen MR) is 93.2 cm³/mol. The van der Waals surface area contributed by atoms with Crippen molar-refractivity contribution in [2.24, 2.45) is 0 Å². The normalized spacial score (nSPS) is 21.8. The highest BCUT2D eigenvalue weighted by Crippen LogP contribution is 2.37. The number of benzene rings is 1. The van der Waals surface area contributed by atoms with Crippen LogP contribution in [0.2, 0.25) is 0 Å². The Morgan fingerprint density at radius 1 is 1.05 bits per heavy atom. The van der Waals surface area contributed by atoms with Crippen LogP contribution in [0.4, 0.5) is 0 Å². The lowest BCUT2D eigenvalue weighted by molar-refractivity contribution is 0.560. The average molecular weight is 333 g/mol. The first kappa shape index (κ1) is 15.6. The molecule has 1 aromatic carbocycles. The van der Waals surface area contributed by atoms with E-state index in [0.29, 0.717) is 0 Å². The van der Waals surface area contributed by atoms with Gasteiger partial charge in [0, 0.05) is 4.32 Å². The number of unbranched alkanes of at least 4 members (excludes halogenated alkanes) is 4. The number of hydrogen-bond acceptors (Lipinski definition) is 0. The molecule has 2 rings (SSSR count). The third-order valence-electron chi connectivity index (χ3n) is 4.03. The maximum Gasteiger partial charge on any atom is 0.0474 e. The van der Waals surface area contributed by atoms with E-state index in [1.807, 2.05) is 0 Å². The maximum atomic E-state index is 3.93. The van der Waals surface area contributed by atoms with Crippen LogP contribution in [0.5, 0.6) is 0 Å². The fourth-order valence-electron chi connectivity index (χ4n) is 2.71. The summed E-state index contributed by atoms with van der Waals surface area (Å²) in [6.45, 7) is 2.27. The number of rotatable bonds is 7. The highest BCUT2D eigenvalue weighted by molar-refractivity contribution is 9.10. The van der Waals surface area contributed by atoms with Crippen LogP contribution < -0.4 is 0 Å². The molecule has 0 bridgehead atoms. The van der Waals surface area contributed by atoms with Crippen molar-refractivity contribution in [3.05, 3.63) is 54.1 Å². The molecule has 1 atom stereocenters. The molecule has 0 aromatic heterocycles. The summed E-state index contributed by atoms with van der Waals surface area (Å²) in [6, 6.07) is 10.6. The monoisotopic (exact) mass is 332 g/mol. The van der Waals surface area contributed by atoms with Gasteiger partial charge in [0.2, 0.25) is 0 Å². The number of allylic oxidation sites excluding steroid dienone is 4. The zero-order valence-electron chi connectivity index (χ0n) is 12.4. The minimum absolute atomic E-state index is 0.192. The van der Waals surface area contributed by atoms with Gasteiger partial charge in [-0.2, -0.15) is 0 Å². The smallest absolute Gasteiger partial charge is 0.0474 e. The van der Waals surface area contributed by atoms with Crippen molar-refractivity contribution in [3.63, 3.8) is 0 Å². The second-order valence-electron chi connectivity index (χ2n) is 5.76. The van der Waals surface area contributed by atoms with Crippen molar-refractivity contribution in [1.29, 1.82) is 0 Å². The molecule has 0 saturated carbocycles. The quantitative estimate of drug-likeness (QED) is 0.393. The molecule has 0 aliphatic heterocycles. The summed E-state index contributed by atoms with van der Waals surface area (Å²) in [7, 11) is 0. The van der Waals surface area contributed by atoms with Gasteiger partial charge in [-0.3, -0.25) is 0 Å². The standard InChI is InChI=1S/C19H25Br/c1-2-3-4-5-9-14-19(20)15-12-18(13-16-19)17-10-7-6-8-11-17/h6-8,10-13,15H,2-5,9,14,16H2,1H3/t19-/m0/s1. The first-order valence-corrected chi connectivity index (χ1v) is 8.66. The first-order valence-electron chi connectivity index (χ1n) is 7.87. The minimum atomic E-state index is 0.192. The van der Waals surface area contributed by atoms with Crippen molar-refractivity contribution in [2.75, 3.05) is 0 Å². The molecule has 0 unspecified atom stereocenters. The summed E-state index contributed by atoms with van der Waals surface area (Å²) in [4.78, 5) is 0. The molecular weight excluding hydrogens is 308 g/mol. The molecule has 1 aliphatic carbocycles. The molecular formula is C19H25Br. The second kappa shape index (κ2) is 7.83. The topological polar surface area (TPSA) is 0 Å². The summed E-state index contributed by atoms with van der Waals surface area (Å²) in [5.41, 5.74) is 2.67. The summed E-state index contributed by atoms with van der Waals surface area (Å²) < 4.78 is 0.192. The third kappa shape index (κ3) is 4.63. The van der Waals surface area contributed by atoms with E-state index in [-0.39, 0.29) is 4.32 Å². The number of alkyl halides is 1. The van der Waals surface area contributed by atoms with Gasteiger partial charge in [-0.1, -0.05) is 104 Å². The lowest BCUT2D eigenvalue weighted by atomic mass is 9.89. The SMILES string of the molecule is CCCCCCC[C@]1(Br)C=CC(c2ccccc2)=CC1. The molecule has 1 heteroatoms. The van der Waals surface area contributed by atoms with E-state index in [2.05, 4.69) is 71.4 Å². The number of halogens is 1. The highest BCUT2D eigenvalue weighted by Gasteiger charge is 2.24. The van der Waals surface area contributed by atoms with Gasteiger partial charge >= 0.3 is 0 Å². The summed E-state index contributed by atoms with van der Waals surface area (Å²) >= 11 is 3.93. The van der Waals surface area contributed by atoms with Crippen molar-refractivity contribution < 1.29 is 0 Å². The molecule has 1 aromatic rings. The van der Waals surface area contributed by atoms with Crippen LogP contribution in [0.3, 0.4) is 0 Å².